The molecule has 0 bridgehead atoms. The van der Waals surface area contributed by atoms with Gasteiger partial charge in [-0.2, -0.15) is 0 Å². The SMILES string of the molecule is O=C(COc1ccc(-c2cccc3c(=O)cc(N4CCOCC4)oc23)cc1-c1ccccc1)N(CCO)CCO. The van der Waals surface area contributed by atoms with Gasteiger partial charge in [-0.3, -0.25) is 9.59 Å². The molecule has 3 aromatic carbocycles. The van der Waals surface area contributed by atoms with E-state index >= 15 is 0 Å². The molecule has 1 saturated heterocycles. The van der Waals surface area contributed by atoms with Crippen molar-refractivity contribution < 1.29 is 28.9 Å². The highest BCUT2D eigenvalue weighted by Crippen LogP contribution is 2.37. The third-order valence-electron chi connectivity index (χ3n) is 6.88. The summed E-state index contributed by atoms with van der Waals surface area (Å²) in [6, 6.07) is 22.4. The molecule has 0 radical (unpaired) electrons. The van der Waals surface area contributed by atoms with Crippen molar-refractivity contribution in [3.63, 3.8) is 0 Å². The van der Waals surface area contributed by atoms with Crippen molar-refractivity contribution in [1.82, 2.24) is 4.90 Å². The molecule has 0 saturated carbocycles. The summed E-state index contributed by atoms with van der Waals surface area (Å²) in [4.78, 5) is 29.1. The Bertz CT molecular complexity index is 1510. The summed E-state index contributed by atoms with van der Waals surface area (Å²) in [5.74, 6) is 0.690. The van der Waals surface area contributed by atoms with Crippen LogP contribution in [0.4, 0.5) is 5.88 Å². The van der Waals surface area contributed by atoms with Crippen LogP contribution in [-0.4, -0.2) is 80.2 Å². The molecule has 208 valence electrons. The summed E-state index contributed by atoms with van der Waals surface area (Å²) in [7, 11) is 0. The van der Waals surface area contributed by atoms with Crippen molar-refractivity contribution in [2.75, 3.05) is 64.1 Å². The van der Waals surface area contributed by atoms with Gasteiger partial charge in [-0.15, -0.1) is 0 Å². The Morgan fingerprint density at radius 3 is 2.35 bits per heavy atom. The highest BCUT2D eigenvalue weighted by atomic mass is 16.5. The van der Waals surface area contributed by atoms with Crippen LogP contribution in [0.3, 0.4) is 0 Å². The number of anilines is 1. The van der Waals surface area contributed by atoms with E-state index in [4.69, 9.17) is 13.9 Å². The molecular formula is C31H32N2O7. The van der Waals surface area contributed by atoms with Gasteiger partial charge in [0, 0.05) is 43.4 Å². The maximum Gasteiger partial charge on any atom is 0.260 e. The van der Waals surface area contributed by atoms with Crippen molar-refractivity contribution in [3.05, 3.63) is 83.0 Å². The molecule has 0 aliphatic carbocycles. The average Bonchev–Trinajstić information content (AvgIpc) is 3.00. The van der Waals surface area contributed by atoms with Crippen LogP contribution in [0.2, 0.25) is 0 Å². The second-order valence-corrected chi connectivity index (χ2v) is 9.42. The lowest BCUT2D eigenvalue weighted by Crippen LogP contribution is -2.38. The van der Waals surface area contributed by atoms with Crippen LogP contribution in [0.25, 0.3) is 33.2 Å². The van der Waals surface area contributed by atoms with Gasteiger partial charge in [0.15, 0.2) is 17.9 Å². The first-order chi connectivity index (χ1) is 19.6. The van der Waals surface area contributed by atoms with E-state index in [0.717, 1.165) is 22.3 Å². The monoisotopic (exact) mass is 544 g/mol. The number of rotatable bonds is 10. The molecule has 9 nitrogen and oxygen atoms in total. The number of amides is 1. The van der Waals surface area contributed by atoms with Crippen LogP contribution in [0, 0.1) is 0 Å². The van der Waals surface area contributed by atoms with Crippen LogP contribution < -0.4 is 15.1 Å². The number of ether oxygens (including phenoxy) is 2. The number of morpholine rings is 1. The van der Waals surface area contributed by atoms with Crippen LogP contribution in [0.15, 0.2) is 82.0 Å². The van der Waals surface area contributed by atoms with E-state index in [1.807, 2.05) is 59.5 Å². The number of fused-ring (bicyclic) bond motifs is 1. The number of para-hydroxylation sites is 1. The number of aliphatic hydroxyl groups excluding tert-OH is 2. The summed E-state index contributed by atoms with van der Waals surface area (Å²) >= 11 is 0. The molecule has 1 amide bonds. The number of hydrogen-bond acceptors (Lipinski definition) is 8. The molecule has 0 atom stereocenters. The summed E-state index contributed by atoms with van der Waals surface area (Å²) in [5, 5.41) is 19.0. The summed E-state index contributed by atoms with van der Waals surface area (Å²) in [5.41, 5.74) is 3.65. The van der Waals surface area contributed by atoms with Gasteiger partial charge >= 0.3 is 0 Å². The Labute approximate surface area is 231 Å². The Balaban J connectivity index is 1.53. The fourth-order valence-corrected chi connectivity index (χ4v) is 4.83. The zero-order chi connectivity index (χ0) is 27.9. The maximum atomic E-state index is 13.1. The zero-order valence-electron chi connectivity index (χ0n) is 22.1. The van der Waals surface area contributed by atoms with Crippen LogP contribution in [0.1, 0.15) is 0 Å². The first-order valence-electron chi connectivity index (χ1n) is 13.3. The van der Waals surface area contributed by atoms with Crippen LogP contribution >= 0.6 is 0 Å². The molecule has 2 N–H and O–H groups in total. The van der Waals surface area contributed by atoms with Gasteiger partial charge < -0.3 is 33.9 Å². The number of benzene rings is 3. The summed E-state index contributed by atoms with van der Waals surface area (Å²) in [6.45, 7) is 2.02. The van der Waals surface area contributed by atoms with E-state index < -0.39 is 0 Å². The molecule has 0 spiro atoms. The van der Waals surface area contributed by atoms with E-state index in [1.54, 1.807) is 12.1 Å². The second-order valence-electron chi connectivity index (χ2n) is 9.42. The van der Waals surface area contributed by atoms with Gasteiger partial charge in [0.2, 0.25) is 0 Å². The molecule has 0 unspecified atom stereocenters. The second kappa shape index (κ2) is 12.8. The predicted molar refractivity (Wildman–Crippen MR) is 153 cm³/mol. The van der Waals surface area contributed by atoms with Crippen molar-refractivity contribution in [2.24, 2.45) is 0 Å². The fourth-order valence-electron chi connectivity index (χ4n) is 4.83. The Hall–Kier alpha value is -4.18. The molecule has 5 rings (SSSR count). The first kappa shape index (κ1) is 27.4. The van der Waals surface area contributed by atoms with Gasteiger partial charge in [0.1, 0.15) is 11.3 Å². The van der Waals surface area contributed by atoms with E-state index in [0.29, 0.717) is 48.9 Å². The number of aliphatic hydroxyl groups is 2. The number of carbonyl (C=O) groups excluding carboxylic acids is 1. The van der Waals surface area contributed by atoms with Gasteiger partial charge in [-0.1, -0.05) is 48.5 Å². The lowest BCUT2D eigenvalue weighted by Gasteiger charge is -2.27. The molecule has 40 heavy (non-hydrogen) atoms. The maximum absolute atomic E-state index is 13.1. The third-order valence-corrected chi connectivity index (χ3v) is 6.88. The Morgan fingerprint density at radius 2 is 1.62 bits per heavy atom. The quantitative estimate of drug-likeness (QED) is 0.313. The van der Waals surface area contributed by atoms with E-state index in [-0.39, 0.29) is 44.2 Å². The smallest absolute Gasteiger partial charge is 0.260 e. The minimum atomic E-state index is -0.336. The first-order valence-corrected chi connectivity index (χ1v) is 13.3. The van der Waals surface area contributed by atoms with E-state index in [1.165, 1.54) is 11.0 Å². The lowest BCUT2D eigenvalue weighted by molar-refractivity contribution is -0.134. The van der Waals surface area contributed by atoms with Gasteiger partial charge in [-0.05, 0) is 29.3 Å². The number of hydrogen-bond donors (Lipinski definition) is 2. The lowest BCUT2D eigenvalue weighted by atomic mass is 9.97. The van der Waals surface area contributed by atoms with E-state index in [9.17, 15) is 19.8 Å². The molecule has 9 heteroatoms. The van der Waals surface area contributed by atoms with Crippen LogP contribution in [0.5, 0.6) is 5.75 Å². The predicted octanol–water partition coefficient (Wildman–Crippen LogP) is 3.16. The van der Waals surface area contributed by atoms with Crippen molar-refractivity contribution in [2.45, 2.75) is 0 Å². The minimum Gasteiger partial charge on any atom is -0.483 e. The van der Waals surface area contributed by atoms with Crippen LogP contribution in [-0.2, 0) is 9.53 Å². The zero-order valence-corrected chi connectivity index (χ0v) is 22.1. The Kier molecular flexibility index (Phi) is 8.75. The normalized spacial score (nSPS) is 13.4. The van der Waals surface area contributed by atoms with Crippen molar-refractivity contribution in [3.8, 4) is 28.0 Å². The largest absolute Gasteiger partial charge is 0.483 e. The van der Waals surface area contributed by atoms with Gasteiger partial charge in [0.05, 0.1) is 31.8 Å². The molecule has 4 aromatic rings. The molecule has 1 aliphatic rings. The minimum absolute atomic E-state index is 0.110. The van der Waals surface area contributed by atoms with E-state index in [2.05, 4.69) is 0 Å². The van der Waals surface area contributed by atoms with Crippen molar-refractivity contribution >= 4 is 22.8 Å². The average molecular weight is 545 g/mol. The number of carbonyl (C=O) groups is 1. The molecular weight excluding hydrogens is 512 g/mol. The topological polar surface area (TPSA) is 113 Å². The molecule has 2 heterocycles. The highest BCUT2D eigenvalue weighted by Gasteiger charge is 2.19. The molecule has 1 aromatic heterocycles. The standard InChI is InChI=1S/C31H32N2O7/c34-15-11-32(12-16-35)29(37)21-39-28-10-9-23(19-26(28)22-5-2-1-3-6-22)24-7-4-8-25-27(36)20-30(40-31(24)25)33-13-17-38-18-14-33/h1-10,19-20,34-35H,11-18,21H2. The molecule has 1 fully saturated rings. The van der Waals surface area contributed by atoms with Gasteiger partial charge in [0.25, 0.3) is 5.91 Å². The number of nitrogens with zero attached hydrogens (tertiary/aromatic N) is 2. The van der Waals surface area contributed by atoms with Gasteiger partial charge in [-0.25, -0.2) is 0 Å². The summed E-state index contributed by atoms with van der Waals surface area (Å²) in [6.07, 6.45) is 0. The summed E-state index contributed by atoms with van der Waals surface area (Å²) < 4.78 is 17.8. The highest BCUT2D eigenvalue weighted by molar-refractivity contribution is 5.94. The Morgan fingerprint density at radius 1 is 0.875 bits per heavy atom. The van der Waals surface area contributed by atoms with Crippen molar-refractivity contribution in [1.29, 1.82) is 0 Å². The molecule has 1 aliphatic heterocycles. The fraction of sp³-hybridized carbons (Fsp3) is 0.290. The third kappa shape index (κ3) is 6.02.